The molecular weight excluding hydrogens is 418 g/mol. The summed E-state index contributed by atoms with van der Waals surface area (Å²) in [5, 5.41) is 0. The maximum atomic E-state index is 13.1. The molecule has 1 saturated heterocycles. The molecule has 2 N–H and O–H groups in total. The van der Waals surface area contributed by atoms with Crippen molar-refractivity contribution in [3.8, 4) is 11.3 Å². The number of fused-ring (bicyclic) bond motifs is 2. The van der Waals surface area contributed by atoms with Crippen molar-refractivity contribution in [2.24, 2.45) is 5.73 Å². The number of anilines is 1. The number of rotatable bonds is 3. The van der Waals surface area contributed by atoms with E-state index in [1.165, 1.54) is 7.11 Å². The second-order valence-electron chi connectivity index (χ2n) is 8.71. The molecule has 0 saturated carbocycles. The lowest BCUT2D eigenvalue weighted by Crippen LogP contribution is -2.47. The lowest BCUT2D eigenvalue weighted by atomic mass is 9.74. The highest BCUT2D eigenvalue weighted by Gasteiger charge is 2.47. The van der Waals surface area contributed by atoms with Gasteiger partial charge in [0, 0.05) is 37.2 Å². The zero-order chi connectivity index (χ0) is 23.0. The van der Waals surface area contributed by atoms with Gasteiger partial charge in [-0.15, -0.1) is 0 Å². The summed E-state index contributed by atoms with van der Waals surface area (Å²) in [6, 6.07) is 19.3. The molecule has 1 fully saturated rings. The van der Waals surface area contributed by atoms with Crippen LogP contribution in [0.5, 0.6) is 0 Å². The summed E-state index contributed by atoms with van der Waals surface area (Å²) in [7, 11) is 1.40. The summed E-state index contributed by atoms with van der Waals surface area (Å²) >= 11 is 0. The number of carbonyl (C=O) groups excluding carboxylic acids is 2. The van der Waals surface area contributed by atoms with Gasteiger partial charge in [0.2, 0.25) is 0 Å². The minimum Gasteiger partial charge on any atom is -0.452 e. The topological polar surface area (TPSA) is 89.0 Å². The number of piperidine rings is 1. The minimum atomic E-state index is -0.365. The quantitative estimate of drug-likeness (QED) is 0.654. The fourth-order valence-electron chi connectivity index (χ4n) is 5.05. The molecule has 1 aromatic heterocycles. The molecule has 2 aromatic carbocycles. The second-order valence-corrected chi connectivity index (χ2v) is 8.71. The number of likely N-dealkylation sites (tertiary alicyclic amines) is 1. The Morgan fingerprint density at radius 1 is 1.06 bits per heavy atom. The van der Waals surface area contributed by atoms with Gasteiger partial charge in [-0.05, 0) is 42.2 Å². The lowest BCUT2D eigenvalue weighted by molar-refractivity contribution is 0.0642. The average molecular weight is 446 g/mol. The molecule has 5 rings (SSSR count). The first-order chi connectivity index (χ1) is 16.0. The van der Waals surface area contributed by atoms with E-state index in [1.54, 1.807) is 11.0 Å². The van der Waals surface area contributed by atoms with Crippen molar-refractivity contribution in [1.29, 1.82) is 0 Å². The van der Waals surface area contributed by atoms with Gasteiger partial charge in [-0.2, -0.15) is 0 Å². The number of methoxy groups -OCH3 is 1. The van der Waals surface area contributed by atoms with Crippen LogP contribution in [-0.2, 0) is 16.7 Å². The molecular formula is C26H27N3O4. The Bertz CT molecular complexity index is 1180. The van der Waals surface area contributed by atoms with Crippen LogP contribution in [0.4, 0.5) is 10.5 Å². The molecule has 1 spiro atoms. The molecule has 0 unspecified atom stereocenters. The van der Waals surface area contributed by atoms with Gasteiger partial charge in [-0.25, -0.2) is 4.79 Å². The largest absolute Gasteiger partial charge is 0.452 e. The molecule has 3 heterocycles. The van der Waals surface area contributed by atoms with Gasteiger partial charge in [0.25, 0.3) is 5.91 Å². The number of nitrogens with two attached hydrogens (primary N) is 1. The standard InChI is InChI=1S/C26H27N3O4/c1-32-25(31)29-17-26(20-15-18(16-27)7-8-21(20)29)11-13-28(14-12-26)24(30)23-10-9-22(33-23)19-5-3-2-4-6-19/h2-10,15H,11-14,16-17,27H2,1H3. The molecule has 7 heteroatoms. The van der Waals surface area contributed by atoms with Crippen molar-refractivity contribution in [3.63, 3.8) is 0 Å². The molecule has 0 radical (unpaired) electrons. The molecule has 170 valence electrons. The molecule has 2 aliphatic heterocycles. The van der Waals surface area contributed by atoms with Gasteiger partial charge in [0.1, 0.15) is 5.76 Å². The van der Waals surface area contributed by atoms with Gasteiger partial charge >= 0.3 is 6.09 Å². The van der Waals surface area contributed by atoms with Gasteiger partial charge in [0.15, 0.2) is 5.76 Å². The normalized spacial score (nSPS) is 16.7. The third-order valence-electron chi connectivity index (χ3n) is 6.90. The number of ether oxygens (including phenoxy) is 1. The van der Waals surface area contributed by atoms with Crippen molar-refractivity contribution in [2.75, 3.05) is 31.6 Å². The van der Waals surface area contributed by atoms with Crippen LogP contribution in [0.3, 0.4) is 0 Å². The summed E-state index contributed by atoms with van der Waals surface area (Å²) in [5.41, 5.74) is 9.63. The molecule has 0 aliphatic carbocycles. The van der Waals surface area contributed by atoms with E-state index in [1.807, 2.05) is 53.4 Å². The van der Waals surface area contributed by atoms with Crippen molar-refractivity contribution in [1.82, 2.24) is 4.90 Å². The van der Waals surface area contributed by atoms with Crippen LogP contribution in [0.15, 0.2) is 65.1 Å². The Hall–Kier alpha value is -3.58. The number of furan rings is 1. The van der Waals surface area contributed by atoms with Crippen LogP contribution in [0.2, 0.25) is 0 Å². The van der Waals surface area contributed by atoms with E-state index >= 15 is 0 Å². The first-order valence-electron chi connectivity index (χ1n) is 11.2. The molecule has 0 bridgehead atoms. The third kappa shape index (κ3) is 3.68. The first-order valence-corrected chi connectivity index (χ1v) is 11.2. The zero-order valence-electron chi connectivity index (χ0n) is 18.6. The SMILES string of the molecule is COC(=O)N1CC2(CCN(C(=O)c3ccc(-c4ccccc4)o3)CC2)c2cc(CN)ccc21. The number of carbonyl (C=O) groups is 2. The number of hydrogen-bond donors (Lipinski definition) is 1. The fraction of sp³-hybridized carbons (Fsp3) is 0.308. The number of amides is 2. The molecule has 0 atom stereocenters. The highest BCUT2D eigenvalue weighted by atomic mass is 16.5. The molecule has 3 aromatic rings. The van der Waals surface area contributed by atoms with Gasteiger partial charge in [-0.3, -0.25) is 9.69 Å². The molecule has 2 amide bonds. The number of nitrogens with zero attached hydrogens (tertiary/aromatic N) is 2. The van der Waals surface area contributed by atoms with Crippen molar-refractivity contribution in [2.45, 2.75) is 24.8 Å². The number of benzene rings is 2. The summed E-state index contributed by atoms with van der Waals surface area (Å²) < 4.78 is 10.9. The van der Waals surface area contributed by atoms with Crippen LogP contribution in [0.1, 0.15) is 34.5 Å². The monoisotopic (exact) mass is 445 g/mol. The molecule has 7 nitrogen and oxygen atoms in total. The van der Waals surface area contributed by atoms with E-state index in [2.05, 4.69) is 6.07 Å². The second kappa shape index (κ2) is 8.41. The fourth-order valence-corrected chi connectivity index (χ4v) is 5.05. The van der Waals surface area contributed by atoms with Crippen molar-refractivity contribution in [3.05, 3.63) is 77.6 Å². The number of hydrogen-bond acceptors (Lipinski definition) is 5. The Balaban J connectivity index is 1.35. The van der Waals surface area contributed by atoms with Crippen molar-refractivity contribution < 1.29 is 18.7 Å². The van der Waals surface area contributed by atoms with Gasteiger partial charge < -0.3 is 19.8 Å². The van der Waals surface area contributed by atoms with Crippen LogP contribution < -0.4 is 10.6 Å². The Labute approximate surface area is 192 Å². The van der Waals surface area contributed by atoms with Crippen LogP contribution in [-0.4, -0.2) is 43.6 Å². The lowest BCUT2D eigenvalue weighted by Gasteiger charge is -2.39. The maximum Gasteiger partial charge on any atom is 0.414 e. The van der Waals surface area contributed by atoms with E-state index in [0.29, 0.717) is 37.7 Å². The van der Waals surface area contributed by atoms with E-state index in [-0.39, 0.29) is 17.4 Å². The van der Waals surface area contributed by atoms with Crippen LogP contribution in [0.25, 0.3) is 11.3 Å². The average Bonchev–Trinajstić information content (AvgIpc) is 3.48. The summed E-state index contributed by atoms with van der Waals surface area (Å²) in [6.07, 6.45) is 1.13. The summed E-state index contributed by atoms with van der Waals surface area (Å²) in [6.45, 7) is 2.15. The van der Waals surface area contributed by atoms with E-state index in [4.69, 9.17) is 14.9 Å². The third-order valence-corrected chi connectivity index (χ3v) is 6.90. The maximum absolute atomic E-state index is 13.1. The van der Waals surface area contributed by atoms with Crippen molar-refractivity contribution >= 4 is 17.7 Å². The highest BCUT2D eigenvalue weighted by molar-refractivity contribution is 5.93. The van der Waals surface area contributed by atoms with Crippen LogP contribution in [0, 0.1) is 0 Å². The van der Waals surface area contributed by atoms with E-state index in [0.717, 1.165) is 35.2 Å². The molecule has 2 aliphatic rings. The smallest absolute Gasteiger partial charge is 0.414 e. The Morgan fingerprint density at radius 3 is 2.52 bits per heavy atom. The van der Waals surface area contributed by atoms with E-state index in [9.17, 15) is 9.59 Å². The first kappa shape index (κ1) is 21.3. The Morgan fingerprint density at radius 2 is 1.82 bits per heavy atom. The zero-order valence-corrected chi connectivity index (χ0v) is 18.6. The minimum absolute atomic E-state index is 0.106. The Kier molecular flexibility index (Phi) is 5.42. The van der Waals surface area contributed by atoms with Crippen LogP contribution >= 0.6 is 0 Å². The predicted molar refractivity (Wildman–Crippen MR) is 125 cm³/mol. The van der Waals surface area contributed by atoms with Gasteiger partial charge in [-0.1, -0.05) is 42.5 Å². The molecule has 33 heavy (non-hydrogen) atoms. The highest BCUT2D eigenvalue weighted by Crippen LogP contribution is 2.47. The summed E-state index contributed by atoms with van der Waals surface area (Å²) in [5.74, 6) is 0.921. The van der Waals surface area contributed by atoms with E-state index < -0.39 is 0 Å². The predicted octanol–water partition coefficient (Wildman–Crippen LogP) is 4.17. The summed E-state index contributed by atoms with van der Waals surface area (Å²) in [4.78, 5) is 29.1. The van der Waals surface area contributed by atoms with Gasteiger partial charge in [0.05, 0.1) is 12.8 Å².